The summed E-state index contributed by atoms with van der Waals surface area (Å²) in [6, 6.07) is 0. The zero-order valence-electron chi connectivity index (χ0n) is 6.63. The fourth-order valence-electron chi connectivity index (χ4n) is 0.981. The van der Waals surface area contributed by atoms with Crippen LogP contribution in [-0.2, 0) is 4.74 Å². The minimum absolute atomic E-state index is 0.684. The molecule has 1 rings (SSSR count). The van der Waals surface area contributed by atoms with Crippen molar-refractivity contribution in [3.8, 4) is 0 Å². The highest BCUT2D eigenvalue weighted by molar-refractivity contribution is 5.17. The van der Waals surface area contributed by atoms with Crippen molar-refractivity contribution in [1.29, 1.82) is 0 Å². The molecule has 0 N–H and O–H groups in total. The van der Waals surface area contributed by atoms with Crippen LogP contribution >= 0.6 is 0 Å². The standard InChI is InChI=1S/C9H14O/c1-3-10-9-6-4-8(2)5-7-9/h4,6-8H,3,5H2,1-2H3/t8-/m1/s1. The maximum Gasteiger partial charge on any atom is 0.115 e. The lowest BCUT2D eigenvalue weighted by Crippen LogP contribution is -1.97. The number of rotatable bonds is 2. The van der Waals surface area contributed by atoms with Gasteiger partial charge in [-0.2, -0.15) is 0 Å². The molecule has 1 atom stereocenters. The van der Waals surface area contributed by atoms with Gasteiger partial charge in [0.1, 0.15) is 5.76 Å². The summed E-state index contributed by atoms with van der Waals surface area (Å²) in [4.78, 5) is 0. The zero-order valence-corrected chi connectivity index (χ0v) is 6.63. The van der Waals surface area contributed by atoms with E-state index in [0.717, 1.165) is 18.8 Å². The molecule has 1 aliphatic rings. The number of ether oxygens (including phenoxy) is 1. The Morgan fingerprint density at radius 1 is 1.70 bits per heavy atom. The first-order valence-corrected chi connectivity index (χ1v) is 3.84. The molecule has 0 saturated carbocycles. The van der Waals surface area contributed by atoms with Crippen LogP contribution in [0.5, 0.6) is 0 Å². The molecule has 0 bridgehead atoms. The van der Waals surface area contributed by atoms with Gasteiger partial charge in [-0.25, -0.2) is 0 Å². The Morgan fingerprint density at radius 3 is 3.00 bits per heavy atom. The molecule has 0 fully saturated rings. The molecular formula is C9H14O. The molecule has 0 radical (unpaired) electrons. The lowest BCUT2D eigenvalue weighted by Gasteiger charge is -2.11. The van der Waals surface area contributed by atoms with Crippen LogP contribution in [0.3, 0.4) is 0 Å². The van der Waals surface area contributed by atoms with Gasteiger partial charge in [-0.05, 0) is 31.4 Å². The third kappa shape index (κ3) is 1.90. The van der Waals surface area contributed by atoms with Crippen LogP contribution in [-0.4, -0.2) is 6.61 Å². The van der Waals surface area contributed by atoms with Crippen molar-refractivity contribution in [1.82, 2.24) is 0 Å². The first-order chi connectivity index (χ1) is 4.83. The first-order valence-electron chi connectivity index (χ1n) is 3.84. The van der Waals surface area contributed by atoms with Crippen molar-refractivity contribution in [2.45, 2.75) is 20.3 Å². The number of hydrogen-bond donors (Lipinski definition) is 0. The summed E-state index contributed by atoms with van der Waals surface area (Å²) in [6.45, 7) is 4.98. The van der Waals surface area contributed by atoms with E-state index >= 15 is 0 Å². The van der Waals surface area contributed by atoms with Gasteiger partial charge in [-0.1, -0.05) is 13.0 Å². The van der Waals surface area contributed by atoms with Gasteiger partial charge in [0.05, 0.1) is 6.61 Å². The van der Waals surface area contributed by atoms with Crippen LogP contribution < -0.4 is 0 Å². The van der Waals surface area contributed by atoms with Crippen molar-refractivity contribution in [3.05, 3.63) is 24.0 Å². The molecular weight excluding hydrogens is 124 g/mol. The highest BCUT2D eigenvalue weighted by atomic mass is 16.5. The highest BCUT2D eigenvalue weighted by Gasteiger charge is 2.02. The van der Waals surface area contributed by atoms with E-state index in [2.05, 4.69) is 25.2 Å². The third-order valence-corrected chi connectivity index (χ3v) is 1.59. The van der Waals surface area contributed by atoms with Gasteiger partial charge >= 0.3 is 0 Å². The van der Waals surface area contributed by atoms with Gasteiger partial charge in [0.2, 0.25) is 0 Å². The quantitative estimate of drug-likeness (QED) is 0.569. The third-order valence-electron chi connectivity index (χ3n) is 1.59. The Labute approximate surface area is 62.4 Å². The van der Waals surface area contributed by atoms with Crippen molar-refractivity contribution < 1.29 is 4.74 Å². The molecule has 0 heterocycles. The van der Waals surface area contributed by atoms with Crippen LogP contribution in [0.2, 0.25) is 0 Å². The van der Waals surface area contributed by atoms with Gasteiger partial charge < -0.3 is 4.74 Å². The van der Waals surface area contributed by atoms with Crippen LogP contribution in [0.15, 0.2) is 24.0 Å². The Bertz CT molecular complexity index is 156. The fraction of sp³-hybridized carbons (Fsp3) is 0.556. The summed E-state index contributed by atoms with van der Waals surface area (Å²) >= 11 is 0. The van der Waals surface area contributed by atoms with Crippen molar-refractivity contribution in [3.63, 3.8) is 0 Å². The van der Waals surface area contributed by atoms with E-state index in [4.69, 9.17) is 4.74 Å². The Kier molecular flexibility index (Phi) is 2.55. The van der Waals surface area contributed by atoms with Crippen LogP contribution in [0.25, 0.3) is 0 Å². The van der Waals surface area contributed by atoms with Gasteiger partial charge in [0.25, 0.3) is 0 Å². The van der Waals surface area contributed by atoms with E-state index in [-0.39, 0.29) is 0 Å². The Balaban J connectivity index is 2.42. The van der Waals surface area contributed by atoms with Crippen molar-refractivity contribution >= 4 is 0 Å². The molecule has 0 aromatic heterocycles. The SMILES string of the molecule is CCOC1=CC[C@H](C)C=C1. The maximum atomic E-state index is 5.31. The average molecular weight is 138 g/mol. The van der Waals surface area contributed by atoms with Gasteiger partial charge in [-0.3, -0.25) is 0 Å². The van der Waals surface area contributed by atoms with E-state index in [1.807, 2.05) is 6.92 Å². The first kappa shape index (κ1) is 7.39. The summed E-state index contributed by atoms with van der Waals surface area (Å²) in [6.07, 6.45) is 7.50. The molecule has 0 unspecified atom stereocenters. The minimum Gasteiger partial charge on any atom is -0.494 e. The van der Waals surface area contributed by atoms with Gasteiger partial charge in [-0.15, -0.1) is 0 Å². The molecule has 0 amide bonds. The topological polar surface area (TPSA) is 9.23 Å². The van der Waals surface area contributed by atoms with Gasteiger partial charge in [0.15, 0.2) is 0 Å². The van der Waals surface area contributed by atoms with Crippen LogP contribution in [0, 0.1) is 5.92 Å². The monoisotopic (exact) mass is 138 g/mol. The Hall–Kier alpha value is -0.720. The van der Waals surface area contributed by atoms with Crippen LogP contribution in [0.1, 0.15) is 20.3 Å². The van der Waals surface area contributed by atoms with E-state index < -0.39 is 0 Å². The average Bonchev–Trinajstić information content (AvgIpc) is 1.95. The Morgan fingerprint density at radius 2 is 2.50 bits per heavy atom. The van der Waals surface area contributed by atoms with Crippen molar-refractivity contribution in [2.24, 2.45) is 5.92 Å². The molecule has 0 aliphatic heterocycles. The number of hydrogen-bond acceptors (Lipinski definition) is 1. The maximum absolute atomic E-state index is 5.31. The molecule has 0 aromatic carbocycles. The zero-order chi connectivity index (χ0) is 7.40. The van der Waals surface area contributed by atoms with E-state index in [1.54, 1.807) is 0 Å². The molecule has 56 valence electrons. The fourth-order valence-corrected chi connectivity index (χ4v) is 0.981. The summed E-state index contributed by atoms with van der Waals surface area (Å²) in [7, 11) is 0. The molecule has 10 heavy (non-hydrogen) atoms. The van der Waals surface area contributed by atoms with Gasteiger partial charge in [0, 0.05) is 0 Å². The largest absolute Gasteiger partial charge is 0.494 e. The molecule has 1 heteroatoms. The van der Waals surface area contributed by atoms with E-state index in [0.29, 0.717) is 5.92 Å². The van der Waals surface area contributed by atoms with E-state index in [9.17, 15) is 0 Å². The minimum atomic E-state index is 0.684. The summed E-state index contributed by atoms with van der Waals surface area (Å²) in [5.74, 6) is 1.71. The molecule has 1 aliphatic carbocycles. The molecule has 1 nitrogen and oxygen atoms in total. The highest BCUT2D eigenvalue weighted by Crippen LogP contribution is 2.15. The smallest absolute Gasteiger partial charge is 0.115 e. The predicted molar refractivity (Wildman–Crippen MR) is 42.6 cm³/mol. The predicted octanol–water partition coefficient (Wildman–Crippen LogP) is 2.50. The lowest BCUT2D eigenvalue weighted by molar-refractivity contribution is 0.239. The summed E-state index contributed by atoms with van der Waals surface area (Å²) in [5.41, 5.74) is 0. The number of allylic oxidation sites excluding steroid dienone is 3. The summed E-state index contributed by atoms with van der Waals surface area (Å²) < 4.78 is 5.31. The summed E-state index contributed by atoms with van der Waals surface area (Å²) in [5, 5.41) is 0. The van der Waals surface area contributed by atoms with Crippen LogP contribution in [0.4, 0.5) is 0 Å². The molecule has 0 spiro atoms. The van der Waals surface area contributed by atoms with Crippen molar-refractivity contribution in [2.75, 3.05) is 6.61 Å². The van der Waals surface area contributed by atoms with E-state index in [1.165, 1.54) is 0 Å². The normalized spacial score (nSPS) is 24.2. The molecule has 0 aromatic rings. The second-order valence-corrected chi connectivity index (χ2v) is 2.61. The molecule has 0 saturated heterocycles. The lowest BCUT2D eigenvalue weighted by atomic mass is 10.0. The second kappa shape index (κ2) is 3.45. The second-order valence-electron chi connectivity index (χ2n) is 2.61.